The van der Waals surface area contributed by atoms with Gasteiger partial charge < -0.3 is 30.5 Å². The maximum atomic E-state index is 11.9. The van der Waals surface area contributed by atoms with Gasteiger partial charge in [-0.15, -0.1) is 0 Å². The molecular formula is C22H32N6O5S. The molecular weight excluding hydrogens is 460 g/mol. The number of hydrogen-bond acceptors (Lipinski definition) is 10. The largest absolute Gasteiger partial charge is 0.491 e. The Morgan fingerprint density at radius 2 is 2.15 bits per heavy atom. The molecule has 0 aliphatic carbocycles. The minimum Gasteiger partial charge on any atom is -0.491 e. The highest BCUT2D eigenvalue weighted by molar-refractivity contribution is 7.89. The van der Waals surface area contributed by atoms with Crippen LogP contribution in [0.15, 0.2) is 41.4 Å². The highest BCUT2D eigenvalue weighted by atomic mass is 32.2. The smallest absolute Gasteiger partial charge is 0.240 e. The fourth-order valence-electron chi connectivity index (χ4n) is 4.36. The van der Waals surface area contributed by atoms with E-state index in [1.165, 1.54) is 19.2 Å². The number of ether oxygens (including phenoxy) is 2. The number of piperidine rings is 1. The summed E-state index contributed by atoms with van der Waals surface area (Å²) >= 11 is 0. The third-order valence-electron chi connectivity index (χ3n) is 6.30. The number of sulfonamides is 1. The lowest BCUT2D eigenvalue weighted by Gasteiger charge is -2.38. The Hall–Kier alpha value is -2.51. The molecule has 2 aliphatic rings. The number of nitrogens with two attached hydrogens (primary N) is 1. The van der Waals surface area contributed by atoms with Gasteiger partial charge in [0.2, 0.25) is 16.0 Å². The summed E-state index contributed by atoms with van der Waals surface area (Å²) in [5.74, 6) is 1.50. The van der Waals surface area contributed by atoms with E-state index in [2.05, 4.69) is 24.9 Å². The maximum absolute atomic E-state index is 11.9. The first kappa shape index (κ1) is 24.6. The van der Waals surface area contributed by atoms with Crippen LogP contribution in [0.5, 0.6) is 5.75 Å². The Morgan fingerprint density at radius 3 is 2.88 bits per heavy atom. The first-order valence-electron chi connectivity index (χ1n) is 11.3. The lowest BCUT2D eigenvalue weighted by Crippen LogP contribution is -2.45. The van der Waals surface area contributed by atoms with E-state index >= 15 is 0 Å². The van der Waals surface area contributed by atoms with Gasteiger partial charge in [-0.3, -0.25) is 0 Å². The average molecular weight is 493 g/mol. The Kier molecular flexibility index (Phi) is 7.53. The van der Waals surface area contributed by atoms with Gasteiger partial charge in [0.15, 0.2) is 0 Å². The number of nitrogen functional groups attached to an aromatic ring is 1. The molecule has 12 heteroatoms. The van der Waals surface area contributed by atoms with Gasteiger partial charge in [0.25, 0.3) is 0 Å². The van der Waals surface area contributed by atoms with Crippen LogP contribution in [0.1, 0.15) is 19.3 Å². The fraction of sp³-hybridized carbons (Fsp3) is 0.545. The summed E-state index contributed by atoms with van der Waals surface area (Å²) in [5.41, 5.74) is 5.60. The Balaban J connectivity index is 1.20. The van der Waals surface area contributed by atoms with Crippen LogP contribution in [0.3, 0.4) is 0 Å². The summed E-state index contributed by atoms with van der Waals surface area (Å²) in [5, 5.41) is 13.7. The molecule has 11 nitrogen and oxygen atoms in total. The fourth-order valence-corrected chi connectivity index (χ4v) is 5.12. The number of hydrogen-bond donors (Lipinski definition) is 4. The van der Waals surface area contributed by atoms with Crippen LogP contribution in [-0.4, -0.2) is 81.1 Å². The second-order valence-corrected chi connectivity index (χ2v) is 10.6. The molecule has 3 heterocycles. The van der Waals surface area contributed by atoms with Crippen LogP contribution in [0, 0.1) is 0 Å². The number of anilines is 2. The van der Waals surface area contributed by atoms with E-state index in [4.69, 9.17) is 15.2 Å². The van der Waals surface area contributed by atoms with Crippen LogP contribution in [-0.2, 0) is 14.8 Å². The Bertz CT molecular complexity index is 1080. The molecule has 2 atom stereocenters. The van der Waals surface area contributed by atoms with Crippen molar-refractivity contribution in [3.05, 3.63) is 36.5 Å². The van der Waals surface area contributed by atoms with Crippen molar-refractivity contribution in [1.82, 2.24) is 20.0 Å². The van der Waals surface area contributed by atoms with Crippen LogP contribution in [0.25, 0.3) is 0 Å². The minimum atomic E-state index is -3.55. The van der Waals surface area contributed by atoms with Crippen LogP contribution in [0.2, 0.25) is 0 Å². The molecule has 0 bridgehead atoms. The molecule has 2 saturated heterocycles. The predicted octanol–water partition coefficient (Wildman–Crippen LogP) is 0.124. The molecule has 1 spiro atoms. The SMILES string of the molecule is CNS(=O)(=O)c1cccc(OCC(O)CNC2COC3(CCN(c4nccc(N)n4)CC3)C2)c1. The summed E-state index contributed by atoms with van der Waals surface area (Å²) in [6.07, 6.45) is 3.55. The molecule has 0 radical (unpaired) electrons. The van der Waals surface area contributed by atoms with E-state index in [0.29, 0.717) is 30.7 Å². The average Bonchev–Trinajstić information content (AvgIpc) is 3.24. The van der Waals surface area contributed by atoms with E-state index < -0.39 is 16.1 Å². The highest BCUT2D eigenvalue weighted by Gasteiger charge is 2.43. The predicted molar refractivity (Wildman–Crippen MR) is 127 cm³/mol. The first-order valence-corrected chi connectivity index (χ1v) is 12.8. The molecule has 186 valence electrons. The number of aromatic nitrogens is 2. The van der Waals surface area contributed by atoms with Crippen molar-refractivity contribution in [2.75, 3.05) is 50.5 Å². The van der Waals surface area contributed by atoms with E-state index in [1.807, 2.05) is 0 Å². The molecule has 1 aromatic heterocycles. The zero-order chi connectivity index (χ0) is 24.2. The second-order valence-electron chi connectivity index (χ2n) is 8.72. The van der Waals surface area contributed by atoms with Crippen LogP contribution in [0.4, 0.5) is 11.8 Å². The number of rotatable bonds is 9. The minimum absolute atomic E-state index is 0.0456. The third kappa shape index (κ3) is 5.94. The standard InChI is InChI=1S/C22H32N6O5S/c1-24-34(30,31)19-4-2-3-18(11-19)32-15-17(29)13-26-16-12-22(33-14-16)6-9-28(10-7-22)21-25-8-5-20(23)27-21/h2-5,8,11,16-17,24,26,29H,6-7,9-10,12-15H2,1H3,(H2,23,25,27). The molecule has 2 aromatic rings. The normalized spacial score (nSPS) is 21.0. The van der Waals surface area contributed by atoms with Crippen molar-refractivity contribution in [3.8, 4) is 5.75 Å². The van der Waals surface area contributed by atoms with Crippen molar-refractivity contribution in [1.29, 1.82) is 0 Å². The molecule has 2 unspecified atom stereocenters. The molecule has 34 heavy (non-hydrogen) atoms. The monoisotopic (exact) mass is 492 g/mol. The van der Waals surface area contributed by atoms with Gasteiger partial charge in [-0.1, -0.05) is 6.07 Å². The maximum Gasteiger partial charge on any atom is 0.240 e. The number of benzene rings is 1. The van der Waals surface area contributed by atoms with Crippen molar-refractivity contribution >= 4 is 21.8 Å². The van der Waals surface area contributed by atoms with E-state index in [9.17, 15) is 13.5 Å². The molecule has 4 rings (SSSR count). The number of nitrogens with zero attached hydrogens (tertiary/aromatic N) is 3. The van der Waals surface area contributed by atoms with Crippen molar-refractivity contribution in [3.63, 3.8) is 0 Å². The van der Waals surface area contributed by atoms with Gasteiger partial charge in [0, 0.05) is 37.9 Å². The Labute approximate surface area is 199 Å². The zero-order valence-corrected chi connectivity index (χ0v) is 20.0. The van der Waals surface area contributed by atoms with Crippen molar-refractivity contribution in [2.24, 2.45) is 0 Å². The molecule has 2 aliphatic heterocycles. The lowest BCUT2D eigenvalue weighted by molar-refractivity contribution is -0.0152. The summed E-state index contributed by atoms with van der Waals surface area (Å²) in [7, 11) is -2.20. The van der Waals surface area contributed by atoms with Crippen molar-refractivity contribution < 1.29 is 23.0 Å². The van der Waals surface area contributed by atoms with Gasteiger partial charge in [-0.25, -0.2) is 18.1 Å². The highest BCUT2D eigenvalue weighted by Crippen LogP contribution is 2.36. The molecule has 1 aromatic carbocycles. The van der Waals surface area contributed by atoms with Gasteiger partial charge in [0.1, 0.15) is 24.3 Å². The molecule has 0 amide bonds. The van der Waals surface area contributed by atoms with Gasteiger partial charge in [-0.2, -0.15) is 4.98 Å². The van der Waals surface area contributed by atoms with Gasteiger partial charge in [0.05, 0.1) is 17.1 Å². The Morgan fingerprint density at radius 1 is 1.35 bits per heavy atom. The third-order valence-corrected chi connectivity index (χ3v) is 7.71. The molecule has 5 N–H and O–H groups in total. The quantitative estimate of drug-likeness (QED) is 0.380. The first-order chi connectivity index (χ1) is 16.3. The van der Waals surface area contributed by atoms with E-state index in [0.717, 1.165) is 32.4 Å². The number of aliphatic hydroxyl groups excluding tert-OH is 1. The second kappa shape index (κ2) is 10.4. The zero-order valence-electron chi connectivity index (χ0n) is 19.2. The molecule has 0 saturated carbocycles. The van der Waals surface area contributed by atoms with Crippen LogP contribution >= 0.6 is 0 Å². The number of nitrogens with one attached hydrogen (secondary N) is 2. The van der Waals surface area contributed by atoms with Gasteiger partial charge in [-0.05, 0) is 44.5 Å². The van der Waals surface area contributed by atoms with Gasteiger partial charge >= 0.3 is 0 Å². The summed E-state index contributed by atoms with van der Waals surface area (Å²) in [4.78, 5) is 10.9. The van der Waals surface area contributed by atoms with Crippen LogP contribution < -0.4 is 25.4 Å². The summed E-state index contributed by atoms with van der Waals surface area (Å²) < 4.78 is 37.9. The van der Waals surface area contributed by atoms with E-state index in [1.54, 1.807) is 24.4 Å². The molecule has 2 fully saturated rings. The number of aliphatic hydroxyl groups is 1. The summed E-state index contributed by atoms with van der Waals surface area (Å²) in [6.45, 7) is 2.59. The lowest BCUT2D eigenvalue weighted by atomic mass is 9.87. The van der Waals surface area contributed by atoms with Crippen molar-refractivity contribution in [2.45, 2.75) is 41.9 Å². The topological polar surface area (TPSA) is 152 Å². The summed E-state index contributed by atoms with van der Waals surface area (Å²) in [6, 6.07) is 8.00. The van der Waals surface area contributed by atoms with E-state index in [-0.39, 0.29) is 23.1 Å².